The third kappa shape index (κ3) is 4.30. The molecule has 0 radical (unpaired) electrons. The number of carboxylic acid groups (broad SMARTS) is 1. The van der Waals surface area contributed by atoms with Crippen LogP contribution in [0.5, 0.6) is 0 Å². The van der Waals surface area contributed by atoms with Crippen molar-refractivity contribution >= 4 is 5.97 Å². The molecule has 0 aromatic carbocycles. The molecule has 0 saturated heterocycles. The highest BCUT2D eigenvalue weighted by Gasteiger charge is 2.28. The Bertz CT molecular complexity index is 263. The molecule has 0 aromatic heterocycles. The van der Waals surface area contributed by atoms with Crippen LogP contribution in [-0.4, -0.2) is 23.7 Å². The average molecular weight is 241 g/mol. The van der Waals surface area contributed by atoms with Gasteiger partial charge >= 0.3 is 5.97 Å². The van der Waals surface area contributed by atoms with Crippen LogP contribution in [0.4, 0.5) is 0 Å². The fraction of sp³-hybridized carbons (Fsp3) is 0.929. The molecule has 1 rings (SSSR count). The van der Waals surface area contributed by atoms with Crippen molar-refractivity contribution in [2.45, 2.75) is 59.4 Å². The number of rotatable bonds is 5. The topological polar surface area (TPSA) is 49.3 Å². The first-order chi connectivity index (χ1) is 7.83. The Morgan fingerprint density at radius 3 is 2.53 bits per heavy atom. The van der Waals surface area contributed by atoms with Gasteiger partial charge in [0.15, 0.2) is 0 Å². The molecule has 3 heteroatoms. The molecule has 0 spiro atoms. The molecule has 0 aromatic rings. The van der Waals surface area contributed by atoms with Crippen molar-refractivity contribution in [3.8, 4) is 0 Å². The van der Waals surface area contributed by atoms with Gasteiger partial charge in [-0.3, -0.25) is 4.79 Å². The van der Waals surface area contributed by atoms with Crippen molar-refractivity contribution < 1.29 is 9.90 Å². The van der Waals surface area contributed by atoms with Crippen molar-refractivity contribution in [2.75, 3.05) is 6.54 Å². The van der Waals surface area contributed by atoms with Crippen molar-refractivity contribution in [3.63, 3.8) is 0 Å². The van der Waals surface area contributed by atoms with Gasteiger partial charge in [-0.05, 0) is 57.9 Å². The second-order valence-corrected chi connectivity index (χ2v) is 6.40. The molecule has 1 aliphatic carbocycles. The predicted molar refractivity (Wildman–Crippen MR) is 70.0 cm³/mol. The van der Waals surface area contributed by atoms with E-state index in [2.05, 4.69) is 19.2 Å². The van der Waals surface area contributed by atoms with Crippen LogP contribution >= 0.6 is 0 Å². The number of nitrogens with one attached hydrogen (secondary N) is 1. The van der Waals surface area contributed by atoms with Gasteiger partial charge in [0.1, 0.15) is 0 Å². The Morgan fingerprint density at radius 2 is 2.00 bits per heavy atom. The summed E-state index contributed by atoms with van der Waals surface area (Å²) in [4.78, 5) is 11.0. The van der Waals surface area contributed by atoms with Gasteiger partial charge in [-0.1, -0.05) is 13.8 Å². The lowest BCUT2D eigenvalue weighted by molar-refractivity contribution is -0.147. The summed E-state index contributed by atoms with van der Waals surface area (Å²) in [7, 11) is 0. The Balaban J connectivity index is 2.29. The van der Waals surface area contributed by atoms with Crippen molar-refractivity contribution in [2.24, 2.45) is 17.3 Å². The van der Waals surface area contributed by atoms with Gasteiger partial charge < -0.3 is 10.4 Å². The first-order valence-electron chi connectivity index (χ1n) is 6.79. The highest BCUT2D eigenvalue weighted by atomic mass is 16.4. The van der Waals surface area contributed by atoms with E-state index in [1.807, 2.05) is 0 Å². The van der Waals surface area contributed by atoms with E-state index in [1.165, 1.54) is 19.3 Å². The highest BCUT2D eigenvalue weighted by Crippen LogP contribution is 2.29. The zero-order valence-electron chi connectivity index (χ0n) is 11.6. The molecule has 3 unspecified atom stereocenters. The molecule has 17 heavy (non-hydrogen) atoms. The zero-order valence-corrected chi connectivity index (χ0v) is 11.6. The average Bonchev–Trinajstić information content (AvgIpc) is 2.21. The number of aliphatic carboxylic acids is 1. The maximum atomic E-state index is 11.0. The van der Waals surface area contributed by atoms with E-state index in [-0.39, 0.29) is 0 Å². The second-order valence-electron chi connectivity index (χ2n) is 6.40. The van der Waals surface area contributed by atoms with E-state index in [0.717, 1.165) is 12.5 Å². The van der Waals surface area contributed by atoms with Crippen LogP contribution in [0.2, 0.25) is 0 Å². The van der Waals surface area contributed by atoms with Gasteiger partial charge in [-0.25, -0.2) is 0 Å². The maximum absolute atomic E-state index is 11.0. The van der Waals surface area contributed by atoms with Crippen LogP contribution in [-0.2, 0) is 4.79 Å². The van der Waals surface area contributed by atoms with Crippen LogP contribution in [0.25, 0.3) is 0 Å². The van der Waals surface area contributed by atoms with Crippen LogP contribution in [0.15, 0.2) is 0 Å². The zero-order chi connectivity index (χ0) is 13.1. The van der Waals surface area contributed by atoms with Gasteiger partial charge in [0.05, 0.1) is 5.41 Å². The summed E-state index contributed by atoms with van der Waals surface area (Å²) in [6.45, 7) is 9.02. The second kappa shape index (κ2) is 5.85. The van der Waals surface area contributed by atoms with E-state index < -0.39 is 11.4 Å². The first-order valence-corrected chi connectivity index (χ1v) is 6.79. The predicted octanol–water partition coefficient (Wildman–Crippen LogP) is 2.90. The quantitative estimate of drug-likeness (QED) is 0.778. The summed E-state index contributed by atoms with van der Waals surface area (Å²) >= 11 is 0. The molecule has 1 fully saturated rings. The molecular formula is C14H27NO2. The van der Waals surface area contributed by atoms with Crippen molar-refractivity contribution in [1.82, 2.24) is 5.32 Å². The molecule has 0 amide bonds. The van der Waals surface area contributed by atoms with Gasteiger partial charge in [-0.15, -0.1) is 0 Å². The fourth-order valence-corrected chi connectivity index (χ4v) is 2.65. The molecule has 2 N–H and O–H groups in total. The largest absolute Gasteiger partial charge is 0.481 e. The SMILES string of the molecule is CC1CCC(NCCC(C)(C)C(=O)O)C(C)C1. The van der Waals surface area contributed by atoms with E-state index >= 15 is 0 Å². The summed E-state index contributed by atoms with van der Waals surface area (Å²) in [5.41, 5.74) is -0.613. The Labute approximate surface area is 105 Å². The molecule has 3 atom stereocenters. The monoisotopic (exact) mass is 241 g/mol. The molecule has 0 aliphatic heterocycles. The summed E-state index contributed by atoms with van der Waals surface area (Å²) in [6, 6.07) is 0.579. The standard InChI is InChI=1S/C14H27NO2/c1-10-5-6-12(11(2)9-10)15-8-7-14(3,4)13(16)17/h10-12,15H,5-9H2,1-4H3,(H,16,17). The molecule has 1 aliphatic rings. The van der Waals surface area contributed by atoms with Gasteiger partial charge in [0.2, 0.25) is 0 Å². The molecule has 3 nitrogen and oxygen atoms in total. The lowest BCUT2D eigenvalue weighted by atomic mass is 9.79. The lowest BCUT2D eigenvalue weighted by Crippen LogP contribution is -2.41. The van der Waals surface area contributed by atoms with E-state index in [1.54, 1.807) is 13.8 Å². The third-order valence-corrected chi connectivity index (χ3v) is 4.17. The molecule has 100 valence electrons. The van der Waals surface area contributed by atoms with Gasteiger partial charge in [0, 0.05) is 6.04 Å². The number of hydrogen-bond donors (Lipinski definition) is 2. The Morgan fingerprint density at radius 1 is 1.35 bits per heavy atom. The lowest BCUT2D eigenvalue weighted by Gasteiger charge is -2.34. The summed E-state index contributed by atoms with van der Waals surface area (Å²) in [6.07, 6.45) is 4.52. The van der Waals surface area contributed by atoms with Crippen LogP contribution in [0.3, 0.4) is 0 Å². The summed E-state index contributed by atoms with van der Waals surface area (Å²) < 4.78 is 0. The van der Waals surface area contributed by atoms with Gasteiger partial charge in [0.25, 0.3) is 0 Å². The highest BCUT2D eigenvalue weighted by molar-refractivity contribution is 5.73. The van der Waals surface area contributed by atoms with Gasteiger partial charge in [-0.2, -0.15) is 0 Å². The van der Waals surface area contributed by atoms with Crippen molar-refractivity contribution in [1.29, 1.82) is 0 Å². The summed E-state index contributed by atoms with van der Waals surface area (Å²) in [5.74, 6) is 0.856. The Kier molecular flexibility index (Phi) is 4.99. The van der Waals surface area contributed by atoms with Crippen LogP contribution in [0.1, 0.15) is 53.4 Å². The van der Waals surface area contributed by atoms with Crippen LogP contribution < -0.4 is 5.32 Å². The minimum Gasteiger partial charge on any atom is -0.481 e. The Hall–Kier alpha value is -0.570. The minimum atomic E-state index is -0.704. The first kappa shape index (κ1) is 14.5. The molecule has 0 bridgehead atoms. The number of hydrogen-bond acceptors (Lipinski definition) is 2. The number of carboxylic acids is 1. The van der Waals surface area contributed by atoms with E-state index in [0.29, 0.717) is 18.4 Å². The minimum absolute atomic E-state index is 0.579. The van der Waals surface area contributed by atoms with Crippen LogP contribution in [0, 0.1) is 17.3 Å². The van der Waals surface area contributed by atoms with E-state index in [4.69, 9.17) is 5.11 Å². The molecule has 0 heterocycles. The number of carbonyl (C=O) groups is 1. The maximum Gasteiger partial charge on any atom is 0.309 e. The third-order valence-electron chi connectivity index (χ3n) is 4.17. The molecule has 1 saturated carbocycles. The normalized spacial score (nSPS) is 30.2. The summed E-state index contributed by atoms with van der Waals surface area (Å²) in [5, 5.41) is 12.6. The smallest absolute Gasteiger partial charge is 0.309 e. The fourth-order valence-electron chi connectivity index (χ4n) is 2.65. The molecular weight excluding hydrogens is 214 g/mol. The van der Waals surface area contributed by atoms with E-state index in [9.17, 15) is 4.79 Å². The van der Waals surface area contributed by atoms with Crippen molar-refractivity contribution in [3.05, 3.63) is 0 Å².